The van der Waals surface area contributed by atoms with Crippen molar-refractivity contribution >= 4 is 27.9 Å². The van der Waals surface area contributed by atoms with Gasteiger partial charge in [0.2, 0.25) is 5.91 Å². The van der Waals surface area contributed by atoms with Crippen molar-refractivity contribution in [1.82, 2.24) is 14.3 Å². The summed E-state index contributed by atoms with van der Waals surface area (Å²) >= 11 is 1.55. The van der Waals surface area contributed by atoms with Gasteiger partial charge in [0.05, 0.1) is 25.3 Å². The summed E-state index contributed by atoms with van der Waals surface area (Å²) in [6, 6.07) is 18.2. The molecule has 6 nitrogen and oxygen atoms in total. The van der Waals surface area contributed by atoms with Gasteiger partial charge in [0, 0.05) is 48.2 Å². The third-order valence-corrected chi connectivity index (χ3v) is 6.33. The highest BCUT2D eigenvalue weighted by Crippen LogP contribution is 2.24. The molecule has 0 unspecified atom stereocenters. The van der Waals surface area contributed by atoms with Gasteiger partial charge in [0.15, 0.2) is 4.96 Å². The van der Waals surface area contributed by atoms with E-state index in [0.717, 1.165) is 60.4 Å². The predicted octanol–water partition coefficient (Wildman–Crippen LogP) is 4.08. The zero-order chi connectivity index (χ0) is 21.0. The zero-order valence-electron chi connectivity index (χ0n) is 17.2. The number of amides is 1. The second-order valence-corrected chi connectivity index (χ2v) is 8.52. The number of ether oxygens (including phenoxy) is 1. The summed E-state index contributed by atoms with van der Waals surface area (Å²) in [4.78, 5) is 20.6. The lowest BCUT2D eigenvalue weighted by molar-refractivity contribution is -0.115. The van der Waals surface area contributed by atoms with E-state index < -0.39 is 0 Å². The Morgan fingerprint density at radius 3 is 2.61 bits per heavy atom. The number of morpholine rings is 1. The quantitative estimate of drug-likeness (QED) is 0.499. The SMILES string of the molecule is O=C(Cc1csc2nc(-c3ccccc3)cn12)Nc1ccc(CN2CCOCC2)cc1. The van der Waals surface area contributed by atoms with Crippen LogP contribution in [0, 0.1) is 0 Å². The summed E-state index contributed by atoms with van der Waals surface area (Å²) in [6.45, 7) is 4.44. The van der Waals surface area contributed by atoms with E-state index in [4.69, 9.17) is 9.72 Å². The first-order valence-electron chi connectivity index (χ1n) is 10.4. The molecule has 0 aliphatic carbocycles. The summed E-state index contributed by atoms with van der Waals surface area (Å²) in [5, 5.41) is 5.01. The van der Waals surface area contributed by atoms with E-state index in [9.17, 15) is 4.79 Å². The highest BCUT2D eigenvalue weighted by molar-refractivity contribution is 7.15. The molecular weight excluding hydrogens is 408 g/mol. The molecule has 158 valence electrons. The molecule has 5 rings (SSSR count). The standard InChI is InChI=1S/C24H24N4O2S/c29-23(25-20-8-6-18(7-9-20)15-27-10-12-30-13-11-27)14-21-17-31-24-26-22(16-28(21)24)19-4-2-1-3-5-19/h1-9,16-17H,10-15H2,(H,25,29). The zero-order valence-corrected chi connectivity index (χ0v) is 18.0. The maximum Gasteiger partial charge on any atom is 0.230 e. The van der Waals surface area contributed by atoms with Crippen LogP contribution in [0.2, 0.25) is 0 Å². The molecule has 1 fully saturated rings. The van der Waals surface area contributed by atoms with Crippen molar-refractivity contribution in [2.24, 2.45) is 0 Å². The van der Waals surface area contributed by atoms with Crippen molar-refractivity contribution in [3.8, 4) is 11.3 Å². The third-order valence-electron chi connectivity index (χ3n) is 5.44. The number of hydrogen-bond donors (Lipinski definition) is 1. The number of carbonyl (C=O) groups is 1. The lowest BCUT2D eigenvalue weighted by Crippen LogP contribution is -2.35. The van der Waals surface area contributed by atoms with Crippen LogP contribution < -0.4 is 5.32 Å². The van der Waals surface area contributed by atoms with E-state index in [2.05, 4.69) is 22.3 Å². The van der Waals surface area contributed by atoms with Gasteiger partial charge < -0.3 is 10.1 Å². The van der Waals surface area contributed by atoms with Crippen LogP contribution in [0.15, 0.2) is 66.2 Å². The van der Waals surface area contributed by atoms with Crippen LogP contribution in [0.1, 0.15) is 11.3 Å². The minimum absolute atomic E-state index is 0.0319. The van der Waals surface area contributed by atoms with Crippen LogP contribution in [0.25, 0.3) is 16.2 Å². The minimum Gasteiger partial charge on any atom is -0.379 e. The average Bonchev–Trinajstić information content (AvgIpc) is 3.39. The molecule has 1 N–H and O–H groups in total. The summed E-state index contributed by atoms with van der Waals surface area (Å²) in [5.41, 5.74) is 5.00. The van der Waals surface area contributed by atoms with Crippen LogP contribution in [0.4, 0.5) is 5.69 Å². The molecule has 1 amide bonds. The molecule has 7 heteroatoms. The first kappa shape index (κ1) is 19.9. The van der Waals surface area contributed by atoms with Crippen molar-refractivity contribution < 1.29 is 9.53 Å². The Labute approximate surface area is 185 Å². The van der Waals surface area contributed by atoms with Crippen molar-refractivity contribution in [1.29, 1.82) is 0 Å². The van der Waals surface area contributed by atoms with Crippen molar-refractivity contribution in [3.05, 3.63) is 77.4 Å². The average molecular weight is 433 g/mol. The monoisotopic (exact) mass is 432 g/mol. The lowest BCUT2D eigenvalue weighted by Gasteiger charge is -2.26. The molecule has 4 aromatic rings. The Hall–Kier alpha value is -3.00. The number of nitrogens with zero attached hydrogens (tertiary/aromatic N) is 3. The van der Waals surface area contributed by atoms with Gasteiger partial charge in [0.1, 0.15) is 0 Å². The van der Waals surface area contributed by atoms with Crippen LogP contribution in [0.3, 0.4) is 0 Å². The molecule has 2 aromatic carbocycles. The summed E-state index contributed by atoms with van der Waals surface area (Å²) in [6.07, 6.45) is 2.31. The Morgan fingerprint density at radius 1 is 1.06 bits per heavy atom. The van der Waals surface area contributed by atoms with E-state index in [-0.39, 0.29) is 5.91 Å². The number of fused-ring (bicyclic) bond motifs is 1. The van der Waals surface area contributed by atoms with E-state index in [1.165, 1.54) is 5.56 Å². The summed E-state index contributed by atoms with van der Waals surface area (Å²) in [5.74, 6) is -0.0319. The van der Waals surface area contributed by atoms with E-state index in [1.54, 1.807) is 11.3 Å². The van der Waals surface area contributed by atoms with Crippen LogP contribution >= 0.6 is 11.3 Å². The first-order valence-corrected chi connectivity index (χ1v) is 11.3. The van der Waals surface area contributed by atoms with Crippen molar-refractivity contribution in [2.75, 3.05) is 31.6 Å². The van der Waals surface area contributed by atoms with E-state index in [0.29, 0.717) is 6.42 Å². The van der Waals surface area contributed by atoms with Gasteiger partial charge in [-0.25, -0.2) is 4.98 Å². The van der Waals surface area contributed by atoms with Crippen LogP contribution in [0.5, 0.6) is 0 Å². The fourth-order valence-corrected chi connectivity index (χ4v) is 4.66. The fourth-order valence-electron chi connectivity index (χ4n) is 3.79. The molecule has 0 saturated carbocycles. The molecule has 3 heterocycles. The van der Waals surface area contributed by atoms with Gasteiger partial charge in [-0.2, -0.15) is 0 Å². The lowest BCUT2D eigenvalue weighted by atomic mass is 10.2. The van der Waals surface area contributed by atoms with Crippen molar-refractivity contribution in [3.63, 3.8) is 0 Å². The van der Waals surface area contributed by atoms with E-state index >= 15 is 0 Å². The Balaban J connectivity index is 1.22. The van der Waals surface area contributed by atoms with E-state index in [1.807, 2.05) is 58.4 Å². The minimum atomic E-state index is -0.0319. The van der Waals surface area contributed by atoms with Gasteiger partial charge in [-0.1, -0.05) is 42.5 Å². The largest absolute Gasteiger partial charge is 0.379 e. The maximum absolute atomic E-state index is 12.6. The van der Waals surface area contributed by atoms with Crippen LogP contribution in [-0.2, 0) is 22.5 Å². The number of imidazole rings is 1. The topological polar surface area (TPSA) is 58.9 Å². The molecule has 0 bridgehead atoms. The Bertz CT molecular complexity index is 1160. The number of nitrogens with one attached hydrogen (secondary N) is 1. The fraction of sp³-hybridized carbons (Fsp3) is 0.250. The molecule has 0 spiro atoms. The number of benzene rings is 2. The molecule has 1 aliphatic rings. The first-order chi connectivity index (χ1) is 15.2. The second-order valence-electron chi connectivity index (χ2n) is 7.68. The van der Waals surface area contributed by atoms with Crippen LogP contribution in [-0.4, -0.2) is 46.5 Å². The molecule has 0 radical (unpaired) electrons. The van der Waals surface area contributed by atoms with Crippen molar-refractivity contribution in [2.45, 2.75) is 13.0 Å². The number of aromatic nitrogens is 2. The van der Waals surface area contributed by atoms with Gasteiger partial charge >= 0.3 is 0 Å². The summed E-state index contributed by atoms with van der Waals surface area (Å²) < 4.78 is 7.41. The number of hydrogen-bond acceptors (Lipinski definition) is 5. The Morgan fingerprint density at radius 2 is 1.84 bits per heavy atom. The molecular formula is C24H24N4O2S. The number of rotatable bonds is 6. The molecule has 31 heavy (non-hydrogen) atoms. The smallest absolute Gasteiger partial charge is 0.230 e. The molecule has 0 atom stereocenters. The van der Waals surface area contributed by atoms with Gasteiger partial charge in [0.25, 0.3) is 0 Å². The third kappa shape index (κ3) is 4.69. The van der Waals surface area contributed by atoms with Gasteiger partial charge in [-0.3, -0.25) is 14.1 Å². The predicted molar refractivity (Wildman–Crippen MR) is 123 cm³/mol. The number of carbonyl (C=O) groups excluding carboxylic acids is 1. The Kier molecular flexibility index (Phi) is 5.80. The summed E-state index contributed by atoms with van der Waals surface area (Å²) in [7, 11) is 0. The molecule has 1 aliphatic heterocycles. The second kappa shape index (κ2) is 9.01. The highest BCUT2D eigenvalue weighted by atomic mass is 32.1. The van der Waals surface area contributed by atoms with Gasteiger partial charge in [-0.15, -0.1) is 11.3 Å². The molecule has 1 saturated heterocycles. The normalized spacial score (nSPS) is 14.7. The van der Waals surface area contributed by atoms with Gasteiger partial charge in [-0.05, 0) is 17.7 Å². The number of anilines is 1. The highest BCUT2D eigenvalue weighted by Gasteiger charge is 2.13. The maximum atomic E-state index is 12.6. The molecule has 2 aromatic heterocycles. The number of thiazole rings is 1.